The average molecular weight is 365 g/mol. The molecule has 0 spiro atoms. The number of nitrogens with zero attached hydrogens (tertiary/aromatic N) is 1. The third-order valence-corrected chi connectivity index (χ3v) is 5.50. The first-order valence-electron chi connectivity index (χ1n) is 8.42. The molecule has 0 bridgehead atoms. The number of sulfonamides is 1. The third-order valence-electron chi connectivity index (χ3n) is 3.67. The van der Waals surface area contributed by atoms with Crippen molar-refractivity contribution in [2.75, 3.05) is 13.1 Å². The molecule has 4 heteroatoms. The maximum Gasteiger partial charge on any atom is 0.244 e. The van der Waals surface area contributed by atoms with Gasteiger partial charge >= 0.3 is 0 Å². The molecule has 2 rings (SSSR count). The second-order valence-corrected chi connectivity index (χ2v) is 7.67. The first kappa shape index (κ1) is 19.7. The van der Waals surface area contributed by atoms with E-state index in [-0.39, 0.29) is 18.0 Å². The maximum absolute atomic E-state index is 13.0. The van der Waals surface area contributed by atoms with Gasteiger partial charge in [0.25, 0.3) is 0 Å². The lowest BCUT2D eigenvalue weighted by Crippen LogP contribution is -2.31. The lowest BCUT2D eigenvalue weighted by Gasteiger charge is -2.18. The Hall–Kier alpha value is -2.61. The molecule has 3 nitrogen and oxygen atoms in total. The molecule has 0 aromatic heterocycles. The van der Waals surface area contributed by atoms with Gasteiger partial charge in [-0.15, -0.1) is 0 Å². The summed E-state index contributed by atoms with van der Waals surface area (Å²) in [4.78, 5) is 0.282. The van der Waals surface area contributed by atoms with Crippen LogP contribution in [0, 0.1) is 18.8 Å². The van der Waals surface area contributed by atoms with Crippen LogP contribution in [0.1, 0.15) is 18.1 Å². The molecule has 0 amide bonds. The fourth-order valence-corrected chi connectivity index (χ4v) is 3.52. The van der Waals surface area contributed by atoms with Crippen LogP contribution in [-0.2, 0) is 10.0 Å². The van der Waals surface area contributed by atoms with Gasteiger partial charge in [-0.1, -0.05) is 72.0 Å². The standard InChI is InChI=1S/C22H23NO2S/c1-3-4-5-9-18-23(19-10-13-21-11-7-6-8-12-21)26(24,25)22-16-14-20(2)15-17-22/h3-9,11-12,14-17H,18-19H2,1-2H3/b4-3+,9-5+. The van der Waals surface area contributed by atoms with Crippen molar-refractivity contribution in [3.05, 3.63) is 90.0 Å². The van der Waals surface area contributed by atoms with Crippen LogP contribution >= 0.6 is 0 Å². The van der Waals surface area contributed by atoms with Crippen molar-refractivity contribution in [2.24, 2.45) is 0 Å². The molecule has 26 heavy (non-hydrogen) atoms. The van der Waals surface area contributed by atoms with Gasteiger partial charge in [0.05, 0.1) is 11.4 Å². The fraction of sp³-hybridized carbons (Fsp3) is 0.182. The van der Waals surface area contributed by atoms with Crippen LogP contribution in [0.25, 0.3) is 0 Å². The highest BCUT2D eigenvalue weighted by molar-refractivity contribution is 7.89. The molecule has 0 heterocycles. The first-order valence-corrected chi connectivity index (χ1v) is 9.86. The largest absolute Gasteiger partial charge is 0.244 e. The minimum atomic E-state index is -3.60. The summed E-state index contributed by atoms with van der Waals surface area (Å²) in [6.07, 6.45) is 7.41. The van der Waals surface area contributed by atoms with E-state index in [1.54, 1.807) is 24.3 Å². The van der Waals surface area contributed by atoms with Crippen molar-refractivity contribution in [3.8, 4) is 11.8 Å². The highest BCUT2D eigenvalue weighted by Crippen LogP contribution is 2.16. The van der Waals surface area contributed by atoms with Crippen LogP contribution < -0.4 is 0 Å². The van der Waals surface area contributed by atoms with Gasteiger partial charge in [-0.05, 0) is 38.1 Å². The van der Waals surface area contributed by atoms with E-state index in [1.165, 1.54) is 4.31 Å². The Morgan fingerprint density at radius 3 is 2.35 bits per heavy atom. The Morgan fingerprint density at radius 2 is 1.69 bits per heavy atom. The highest BCUT2D eigenvalue weighted by Gasteiger charge is 2.22. The molecule has 0 aliphatic heterocycles. The predicted molar refractivity (Wildman–Crippen MR) is 107 cm³/mol. The van der Waals surface area contributed by atoms with E-state index in [4.69, 9.17) is 0 Å². The molecular weight excluding hydrogens is 342 g/mol. The van der Waals surface area contributed by atoms with E-state index >= 15 is 0 Å². The van der Waals surface area contributed by atoms with Crippen molar-refractivity contribution in [1.29, 1.82) is 0 Å². The highest BCUT2D eigenvalue weighted by atomic mass is 32.2. The molecule has 134 valence electrons. The molecule has 0 unspecified atom stereocenters. The lowest BCUT2D eigenvalue weighted by molar-refractivity contribution is 0.478. The second kappa shape index (κ2) is 9.76. The van der Waals surface area contributed by atoms with Gasteiger partial charge in [0.2, 0.25) is 10.0 Å². The SMILES string of the molecule is C/C=C/C=C/CN(CC#Cc1ccccc1)S(=O)(=O)c1ccc(C)cc1. The number of benzene rings is 2. The number of hydrogen-bond donors (Lipinski definition) is 0. The summed E-state index contributed by atoms with van der Waals surface area (Å²) in [5, 5.41) is 0. The van der Waals surface area contributed by atoms with Gasteiger partial charge in [-0.3, -0.25) is 0 Å². The monoisotopic (exact) mass is 365 g/mol. The van der Waals surface area contributed by atoms with Crippen LogP contribution in [0.2, 0.25) is 0 Å². The number of hydrogen-bond acceptors (Lipinski definition) is 2. The Kier molecular flexibility index (Phi) is 7.40. The average Bonchev–Trinajstić information content (AvgIpc) is 2.65. The molecule has 2 aromatic carbocycles. The van der Waals surface area contributed by atoms with Crippen molar-refractivity contribution in [3.63, 3.8) is 0 Å². The lowest BCUT2D eigenvalue weighted by atomic mass is 10.2. The fourth-order valence-electron chi connectivity index (χ4n) is 2.23. The number of rotatable bonds is 6. The van der Waals surface area contributed by atoms with E-state index in [0.29, 0.717) is 0 Å². The molecule has 0 fully saturated rings. The van der Waals surface area contributed by atoms with Crippen LogP contribution in [0.3, 0.4) is 0 Å². The number of allylic oxidation sites excluding steroid dienone is 3. The molecule has 0 saturated heterocycles. The molecule has 0 aliphatic carbocycles. The molecule has 0 saturated carbocycles. The molecule has 0 radical (unpaired) electrons. The predicted octanol–water partition coefficient (Wildman–Crippen LogP) is 4.17. The summed E-state index contributed by atoms with van der Waals surface area (Å²) < 4.78 is 27.3. The Labute approximate surface area is 156 Å². The van der Waals surface area contributed by atoms with E-state index in [0.717, 1.165) is 11.1 Å². The topological polar surface area (TPSA) is 37.4 Å². The summed E-state index contributed by atoms with van der Waals surface area (Å²) in [5.41, 5.74) is 1.89. The van der Waals surface area contributed by atoms with Gasteiger partial charge < -0.3 is 0 Å². The molecule has 0 atom stereocenters. The zero-order valence-corrected chi connectivity index (χ0v) is 15.9. The van der Waals surface area contributed by atoms with E-state index in [9.17, 15) is 8.42 Å². The maximum atomic E-state index is 13.0. The van der Waals surface area contributed by atoms with Gasteiger partial charge in [0, 0.05) is 12.1 Å². The van der Waals surface area contributed by atoms with E-state index < -0.39 is 10.0 Å². The van der Waals surface area contributed by atoms with Crippen LogP contribution in [-0.4, -0.2) is 25.8 Å². The van der Waals surface area contributed by atoms with Crippen LogP contribution in [0.15, 0.2) is 83.8 Å². The zero-order valence-electron chi connectivity index (χ0n) is 15.1. The normalized spacial score (nSPS) is 11.8. The van der Waals surface area contributed by atoms with Gasteiger partial charge in [-0.2, -0.15) is 4.31 Å². The number of aryl methyl sites for hydroxylation is 1. The van der Waals surface area contributed by atoms with Crippen molar-refractivity contribution in [1.82, 2.24) is 4.31 Å². The minimum Gasteiger partial charge on any atom is -0.207 e. The first-order chi connectivity index (χ1) is 12.5. The summed E-state index contributed by atoms with van der Waals surface area (Å²) in [7, 11) is -3.60. The molecule has 0 N–H and O–H groups in total. The molecular formula is C22H23NO2S. The Bertz CT molecular complexity index is 916. The summed E-state index contributed by atoms with van der Waals surface area (Å²) >= 11 is 0. The van der Waals surface area contributed by atoms with E-state index in [1.807, 2.05) is 68.5 Å². The van der Waals surface area contributed by atoms with Crippen molar-refractivity contribution in [2.45, 2.75) is 18.7 Å². The summed E-state index contributed by atoms with van der Waals surface area (Å²) in [5.74, 6) is 5.99. The van der Waals surface area contributed by atoms with Crippen molar-refractivity contribution < 1.29 is 8.42 Å². The van der Waals surface area contributed by atoms with E-state index in [2.05, 4.69) is 11.8 Å². The van der Waals surface area contributed by atoms with Gasteiger partial charge in [-0.25, -0.2) is 8.42 Å². The molecule has 0 aliphatic rings. The quantitative estimate of drug-likeness (QED) is 0.569. The van der Waals surface area contributed by atoms with Crippen LogP contribution in [0.4, 0.5) is 0 Å². The zero-order chi connectivity index (χ0) is 18.8. The minimum absolute atomic E-state index is 0.130. The third kappa shape index (κ3) is 5.73. The summed E-state index contributed by atoms with van der Waals surface area (Å²) in [6.45, 7) is 4.24. The Morgan fingerprint density at radius 1 is 1.00 bits per heavy atom. The molecule has 2 aromatic rings. The van der Waals surface area contributed by atoms with Crippen LogP contribution in [0.5, 0.6) is 0 Å². The second-order valence-electron chi connectivity index (χ2n) is 5.73. The smallest absolute Gasteiger partial charge is 0.207 e. The van der Waals surface area contributed by atoms with Gasteiger partial charge in [0.1, 0.15) is 0 Å². The Balaban J connectivity index is 2.25. The summed E-state index contributed by atoms with van der Waals surface area (Å²) in [6, 6.07) is 16.4. The van der Waals surface area contributed by atoms with Crippen molar-refractivity contribution >= 4 is 10.0 Å². The van der Waals surface area contributed by atoms with Gasteiger partial charge in [0.15, 0.2) is 0 Å².